The van der Waals surface area contributed by atoms with Crippen LogP contribution < -0.4 is 19.7 Å². The Morgan fingerprint density at radius 1 is 0.882 bits per heavy atom. The second kappa shape index (κ2) is 12.1. The Balaban J connectivity index is 1.17. The number of nitrogens with one attached hydrogen (secondary N) is 1. The largest absolute Gasteiger partial charge is 0.497 e. The summed E-state index contributed by atoms with van der Waals surface area (Å²) in [5.74, 6) is 1.74. The van der Waals surface area contributed by atoms with E-state index in [0.717, 1.165) is 63.0 Å². The third-order valence-electron chi connectivity index (χ3n) is 6.93. The minimum atomic E-state index is -0.153. The van der Waals surface area contributed by atoms with Gasteiger partial charge in [-0.05, 0) is 74.7 Å². The molecule has 1 unspecified atom stereocenters. The Hall–Kier alpha value is -2.77. The van der Waals surface area contributed by atoms with Gasteiger partial charge in [-0.25, -0.2) is 0 Å². The zero-order valence-corrected chi connectivity index (χ0v) is 20.5. The van der Waals surface area contributed by atoms with Crippen LogP contribution in [0.1, 0.15) is 26.2 Å². The Labute approximate surface area is 203 Å². The molecule has 0 saturated carbocycles. The summed E-state index contributed by atoms with van der Waals surface area (Å²) in [4.78, 5) is 19.9. The van der Waals surface area contributed by atoms with Crippen LogP contribution in [-0.4, -0.2) is 81.3 Å². The Bertz CT molecular complexity index is 889. The first-order valence-corrected chi connectivity index (χ1v) is 12.5. The quantitative estimate of drug-likeness (QED) is 0.608. The van der Waals surface area contributed by atoms with Gasteiger partial charge in [0.05, 0.1) is 13.2 Å². The van der Waals surface area contributed by atoms with Crippen LogP contribution >= 0.6 is 0 Å². The van der Waals surface area contributed by atoms with E-state index in [1.807, 2.05) is 43.3 Å². The van der Waals surface area contributed by atoms with E-state index in [0.29, 0.717) is 6.61 Å². The predicted octanol–water partition coefficient (Wildman–Crippen LogP) is 3.71. The molecule has 1 amide bonds. The van der Waals surface area contributed by atoms with Crippen molar-refractivity contribution in [2.45, 2.75) is 32.2 Å². The van der Waals surface area contributed by atoms with Crippen LogP contribution in [0.15, 0.2) is 48.5 Å². The van der Waals surface area contributed by atoms with Crippen molar-refractivity contribution in [3.8, 4) is 11.5 Å². The van der Waals surface area contributed by atoms with E-state index >= 15 is 0 Å². The van der Waals surface area contributed by atoms with Crippen molar-refractivity contribution in [2.75, 3.05) is 69.7 Å². The SMILES string of the molecule is COc1ccc(OCCN2CCN(C(C)C(=O)Nc3ccc(N4CCCCC4)cc3)CC2)cc1. The van der Waals surface area contributed by atoms with E-state index in [1.165, 1.54) is 24.9 Å². The maximum atomic E-state index is 12.8. The first-order chi connectivity index (χ1) is 16.6. The van der Waals surface area contributed by atoms with Gasteiger partial charge in [-0.3, -0.25) is 14.6 Å². The van der Waals surface area contributed by atoms with Crippen molar-refractivity contribution in [3.05, 3.63) is 48.5 Å². The maximum absolute atomic E-state index is 12.8. The molecule has 0 bridgehead atoms. The van der Waals surface area contributed by atoms with E-state index < -0.39 is 0 Å². The molecule has 0 aliphatic carbocycles. The first-order valence-electron chi connectivity index (χ1n) is 12.5. The van der Waals surface area contributed by atoms with Crippen molar-refractivity contribution in [1.82, 2.24) is 9.80 Å². The lowest BCUT2D eigenvalue weighted by molar-refractivity contribution is -0.121. The predicted molar refractivity (Wildman–Crippen MR) is 137 cm³/mol. The normalized spacial score (nSPS) is 18.4. The molecule has 2 fully saturated rings. The smallest absolute Gasteiger partial charge is 0.241 e. The third-order valence-corrected chi connectivity index (χ3v) is 6.93. The van der Waals surface area contributed by atoms with Crippen LogP contribution in [0.25, 0.3) is 0 Å². The van der Waals surface area contributed by atoms with Crippen LogP contribution in [0, 0.1) is 0 Å². The summed E-state index contributed by atoms with van der Waals surface area (Å²) in [6, 6.07) is 15.8. The summed E-state index contributed by atoms with van der Waals surface area (Å²) in [5, 5.41) is 3.10. The van der Waals surface area contributed by atoms with Gasteiger partial charge in [0.2, 0.25) is 5.91 Å². The molecule has 2 saturated heterocycles. The molecule has 7 nitrogen and oxygen atoms in total. The van der Waals surface area contributed by atoms with Crippen LogP contribution in [0.3, 0.4) is 0 Å². The topological polar surface area (TPSA) is 57.3 Å². The van der Waals surface area contributed by atoms with E-state index in [9.17, 15) is 4.79 Å². The van der Waals surface area contributed by atoms with E-state index in [1.54, 1.807) is 7.11 Å². The molecule has 0 aromatic heterocycles. The summed E-state index contributed by atoms with van der Waals surface area (Å²) < 4.78 is 11.0. The fourth-order valence-electron chi connectivity index (χ4n) is 4.66. The maximum Gasteiger partial charge on any atom is 0.241 e. The highest BCUT2D eigenvalue weighted by Gasteiger charge is 2.25. The number of nitrogens with zero attached hydrogens (tertiary/aromatic N) is 3. The zero-order chi connectivity index (χ0) is 23.8. The number of carbonyl (C=O) groups excluding carboxylic acids is 1. The van der Waals surface area contributed by atoms with E-state index in [2.05, 4.69) is 32.1 Å². The van der Waals surface area contributed by atoms with Crippen LogP contribution in [0.4, 0.5) is 11.4 Å². The number of carbonyl (C=O) groups is 1. The molecular formula is C27H38N4O3. The molecule has 2 aromatic rings. The summed E-state index contributed by atoms with van der Waals surface area (Å²) in [5.41, 5.74) is 2.12. The lowest BCUT2D eigenvalue weighted by Gasteiger charge is -2.37. The number of piperazine rings is 1. The van der Waals surface area contributed by atoms with Gasteiger partial charge in [0.25, 0.3) is 0 Å². The van der Waals surface area contributed by atoms with Crippen LogP contribution in [0.5, 0.6) is 11.5 Å². The number of rotatable bonds is 9. The Morgan fingerprint density at radius 2 is 1.53 bits per heavy atom. The van der Waals surface area contributed by atoms with Gasteiger partial charge < -0.3 is 19.7 Å². The van der Waals surface area contributed by atoms with Gasteiger partial charge in [0, 0.05) is 57.2 Å². The number of benzene rings is 2. The summed E-state index contributed by atoms with van der Waals surface area (Å²) in [6.45, 7) is 9.42. The Morgan fingerprint density at radius 3 is 2.18 bits per heavy atom. The molecule has 2 heterocycles. The molecular weight excluding hydrogens is 428 g/mol. The summed E-state index contributed by atoms with van der Waals surface area (Å²) in [7, 11) is 1.66. The highest BCUT2D eigenvalue weighted by molar-refractivity contribution is 5.94. The number of piperidine rings is 1. The summed E-state index contributed by atoms with van der Waals surface area (Å²) in [6.07, 6.45) is 3.85. The minimum Gasteiger partial charge on any atom is -0.497 e. The second-order valence-electron chi connectivity index (χ2n) is 9.16. The van der Waals surface area contributed by atoms with Gasteiger partial charge in [0.1, 0.15) is 18.1 Å². The van der Waals surface area contributed by atoms with Crippen molar-refractivity contribution >= 4 is 17.3 Å². The van der Waals surface area contributed by atoms with Crippen LogP contribution in [-0.2, 0) is 4.79 Å². The molecule has 7 heteroatoms. The monoisotopic (exact) mass is 466 g/mol. The average Bonchev–Trinajstić information content (AvgIpc) is 2.90. The minimum absolute atomic E-state index is 0.0574. The van der Waals surface area contributed by atoms with Gasteiger partial charge >= 0.3 is 0 Å². The number of amides is 1. The fourth-order valence-corrected chi connectivity index (χ4v) is 4.66. The number of hydrogen-bond donors (Lipinski definition) is 1. The lowest BCUT2D eigenvalue weighted by atomic mass is 10.1. The highest BCUT2D eigenvalue weighted by atomic mass is 16.5. The number of hydrogen-bond acceptors (Lipinski definition) is 6. The van der Waals surface area contributed by atoms with Crippen molar-refractivity contribution in [1.29, 1.82) is 0 Å². The average molecular weight is 467 g/mol. The number of methoxy groups -OCH3 is 1. The Kier molecular flexibility index (Phi) is 8.66. The molecule has 2 aliphatic heterocycles. The lowest BCUT2D eigenvalue weighted by Crippen LogP contribution is -2.53. The molecule has 184 valence electrons. The standard InChI is InChI=1S/C27H38N4O3/c1-22(27(32)28-23-6-8-24(9-7-23)31-14-4-3-5-15-31)30-18-16-29(17-19-30)20-21-34-26-12-10-25(33-2)11-13-26/h6-13,22H,3-5,14-21H2,1-2H3,(H,28,32). The number of ether oxygens (including phenoxy) is 2. The second-order valence-corrected chi connectivity index (χ2v) is 9.16. The molecule has 4 rings (SSSR count). The van der Waals surface area contributed by atoms with Crippen molar-refractivity contribution < 1.29 is 14.3 Å². The molecule has 34 heavy (non-hydrogen) atoms. The molecule has 2 aromatic carbocycles. The molecule has 2 aliphatic rings. The van der Waals surface area contributed by atoms with Crippen LogP contribution in [0.2, 0.25) is 0 Å². The number of anilines is 2. The molecule has 1 N–H and O–H groups in total. The fraction of sp³-hybridized carbons (Fsp3) is 0.519. The van der Waals surface area contributed by atoms with Crippen molar-refractivity contribution in [3.63, 3.8) is 0 Å². The zero-order valence-electron chi connectivity index (χ0n) is 20.5. The van der Waals surface area contributed by atoms with Gasteiger partial charge in [-0.2, -0.15) is 0 Å². The third kappa shape index (κ3) is 6.64. The molecule has 0 spiro atoms. The highest BCUT2D eigenvalue weighted by Crippen LogP contribution is 2.22. The molecule has 0 radical (unpaired) electrons. The van der Waals surface area contributed by atoms with E-state index in [-0.39, 0.29) is 11.9 Å². The molecule has 1 atom stereocenters. The summed E-state index contributed by atoms with van der Waals surface area (Å²) >= 11 is 0. The van der Waals surface area contributed by atoms with E-state index in [4.69, 9.17) is 9.47 Å². The van der Waals surface area contributed by atoms with Gasteiger partial charge in [0.15, 0.2) is 0 Å². The van der Waals surface area contributed by atoms with Gasteiger partial charge in [-0.1, -0.05) is 0 Å². The first kappa shape index (κ1) is 24.4. The van der Waals surface area contributed by atoms with Gasteiger partial charge in [-0.15, -0.1) is 0 Å². The van der Waals surface area contributed by atoms with Crippen molar-refractivity contribution in [2.24, 2.45) is 0 Å².